The Morgan fingerprint density at radius 2 is 2.04 bits per heavy atom. The number of amides is 1. The van der Waals surface area contributed by atoms with Gasteiger partial charge in [-0.3, -0.25) is 9.36 Å². The molecular weight excluding hydrogens is 364 g/mol. The van der Waals surface area contributed by atoms with Gasteiger partial charge in [0, 0.05) is 56.1 Å². The van der Waals surface area contributed by atoms with Crippen LogP contribution in [-0.2, 0) is 24.3 Å². The number of hydrogen-bond donors (Lipinski definition) is 0. The van der Waals surface area contributed by atoms with Crippen molar-refractivity contribution in [3.05, 3.63) is 35.9 Å². The maximum atomic E-state index is 13.0. The molecule has 2 aliphatic rings. The van der Waals surface area contributed by atoms with E-state index >= 15 is 0 Å². The minimum atomic E-state index is -2.65. The number of rotatable bonds is 5. The maximum Gasteiger partial charge on any atom is 0.319 e. The predicted molar refractivity (Wildman–Crippen MR) is 99.8 cm³/mol. The van der Waals surface area contributed by atoms with Crippen molar-refractivity contribution in [3.63, 3.8) is 0 Å². The maximum absolute atomic E-state index is 13.0. The van der Waals surface area contributed by atoms with E-state index in [-0.39, 0.29) is 24.2 Å². The summed E-state index contributed by atoms with van der Waals surface area (Å²) in [6.45, 7) is -1.76. The average Bonchev–Trinajstić information content (AvgIpc) is 3.34. The Kier molecular flexibility index (Phi) is 5.46. The number of imidazole rings is 2. The van der Waals surface area contributed by atoms with E-state index in [0.29, 0.717) is 12.3 Å². The van der Waals surface area contributed by atoms with Crippen LogP contribution in [0, 0.1) is 5.92 Å². The summed E-state index contributed by atoms with van der Waals surface area (Å²) >= 11 is 0. The first-order valence-electron chi connectivity index (χ1n) is 10.1. The van der Waals surface area contributed by atoms with Crippen molar-refractivity contribution in [2.45, 2.75) is 70.5 Å². The number of aromatic nitrogens is 4. The number of carbonyl (C=O) groups is 1. The lowest BCUT2D eigenvalue weighted by Crippen LogP contribution is -2.37. The number of nitrogens with zero attached hydrogens (tertiary/aromatic N) is 5. The molecule has 3 heterocycles. The zero-order valence-electron chi connectivity index (χ0n) is 16.2. The second kappa shape index (κ2) is 8.01. The van der Waals surface area contributed by atoms with Crippen molar-refractivity contribution >= 4 is 5.91 Å². The number of carbonyl (C=O) groups excluding carboxylic acids is 1. The van der Waals surface area contributed by atoms with E-state index in [1.54, 1.807) is 7.05 Å². The number of alkyl halides is 2. The largest absolute Gasteiger partial charge is 0.338 e. The van der Waals surface area contributed by atoms with Crippen molar-refractivity contribution < 1.29 is 13.6 Å². The van der Waals surface area contributed by atoms with Gasteiger partial charge in [0.1, 0.15) is 11.6 Å². The second-order valence-electron chi connectivity index (χ2n) is 8.01. The predicted octanol–water partition coefficient (Wildman–Crippen LogP) is 3.74. The fraction of sp³-hybridized carbons (Fsp3) is 0.650. The standard InChI is InChI=1S/C20H27F2N5O/c1-25(13-17-23-8-10-27(17)20(21)22)19(28)15-7-9-26-16(11-15)12-24-18(26)14-5-3-2-4-6-14/h8,10,12,14-15,20H,2-7,9,11,13H2,1H3/t15-/m0/s1. The van der Waals surface area contributed by atoms with Crippen LogP contribution in [0.15, 0.2) is 18.6 Å². The van der Waals surface area contributed by atoms with Crippen LogP contribution in [-0.4, -0.2) is 37.0 Å². The SMILES string of the molecule is CN(Cc1nccn1C(F)F)C(=O)[C@H]1CCn2c(cnc2C2CCCCC2)C1. The molecule has 8 heteroatoms. The summed E-state index contributed by atoms with van der Waals surface area (Å²) in [6, 6.07) is 0. The summed E-state index contributed by atoms with van der Waals surface area (Å²) in [5, 5.41) is 0. The normalized spacial score (nSPS) is 20.4. The van der Waals surface area contributed by atoms with Crippen molar-refractivity contribution in [1.29, 1.82) is 0 Å². The van der Waals surface area contributed by atoms with Gasteiger partial charge in [0.05, 0.1) is 6.54 Å². The summed E-state index contributed by atoms with van der Waals surface area (Å²) in [5.74, 6) is 1.78. The second-order valence-corrected chi connectivity index (χ2v) is 8.01. The summed E-state index contributed by atoms with van der Waals surface area (Å²) in [4.78, 5) is 23.1. The van der Waals surface area contributed by atoms with Gasteiger partial charge in [-0.05, 0) is 19.3 Å². The van der Waals surface area contributed by atoms with Gasteiger partial charge in [-0.15, -0.1) is 0 Å². The number of hydrogen-bond acceptors (Lipinski definition) is 3. The molecular formula is C20H27F2N5O. The molecule has 2 aromatic heterocycles. The molecule has 1 aliphatic carbocycles. The molecule has 0 bridgehead atoms. The van der Waals surface area contributed by atoms with Gasteiger partial charge in [-0.2, -0.15) is 8.78 Å². The third-order valence-electron chi connectivity index (χ3n) is 6.16. The van der Waals surface area contributed by atoms with Crippen molar-refractivity contribution in [1.82, 2.24) is 24.0 Å². The van der Waals surface area contributed by atoms with Gasteiger partial charge in [-0.1, -0.05) is 19.3 Å². The third-order valence-corrected chi connectivity index (χ3v) is 6.16. The fourth-order valence-corrected chi connectivity index (χ4v) is 4.63. The molecule has 4 rings (SSSR count). The minimum Gasteiger partial charge on any atom is -0.338 e. The Balaban J connectivity index is 1.41. The van der Waals surface area contributed by atoms with Gasteiger partial charge < -0.3 is 9.47 Å². The van der Waals surface area contributed by atoms with Crippen molar-refractivity contribution in [2.75, 3.05) is 7.05 Å². The van der Waals surface area contributed by atoms with E-state index in [0.717, 1.165) is 23.2 Å². The molecule has 1 amide bonds. The number of fused-ring (bicyclic) bond motifs is 1. The van der Waals surface area contributed by atoms with Gasteiger partial charge in [0.2, 0.25) is 5.91 Å². The first kappa shape index (κ1) is 19.1. The fourth-order valence-electron chi connectivity index (χ4n) is 4.63. The summed E-state index contributed by atoms with van der Waals surface area (Å²) in [5.41, 5.74) is 1.12. The Morgan fingerprint density at radius 1 is 1.25 bits per heavy atom. The lowest BCUT2D eigenvalue weighted by atomic mass is 9.88. The van der Waals surface area contributed by atoms with Crippen LogP contribution in [0.2, 0.25) is 0 Å². The molecule has 28 heavy (non-hydrogen) atoms. The van der Waals surface area contributed by atoms with E-state index in [2.05, 4.69) is 9.55 Å². The van der Waals surface area contributed by atoms with E-state index in [9.17, 15) is 13.6 Å². The highest BCUT2D eigenvalue weighted by Gasteiger charge is 2.31. The van der Waals surface area contributed by atoms with Gasteiger partial charge in [0.15, 0.2) is 0 Å². The molecule has 6 nitrogen and oxygen atoms in total. The Bertz CT molecular complexity index is 824. The summed E-state index contributed by atoms with van der Waals surface area (Å²) < 4.78 is 29.1. The van der Waals surface area contributed by atoms with Crippen LogP contribution in [0.25, 0.3) is 0 Å². The highest BCUT2D eigenvalue weighted by Crippen LogP contribution is 2.34. The van der Waals surface area contributed by atoms with Gasteiger partial charge in [0.25, 0.3) is 0 Å². The molecule has 1 aliphatic heterocycles. The van der Waals surface area contributed by atoms with Crippen molar-refractivity contribution in [2.24, 2.45) is 5.92 Å². The zero-order valence-corrected chi connectivity index (χ0v) is 16.2. The number of halogens is 2. The first-order chi connectivity index (χ1) is 13.5. The first-order valence-corrected chi connectivity index (χ1v) is 10.1. The highest BCUT2D eigenvalue weighted by atomic mass is 19.3. The molecule has 0 N–H and O–H groups in total. The smallest absolute Gasteiger partial charge is 0.319 e. The molecule has 0 saturated heterocycles. The topological polar surface area (TPSA) is 56.0 Å². The Morgan fingerprint density at radius 3 is 2.79 bits per heavy atom. The van der Waals surface area contributed by atoms with Crippen LogP contribution in [0.3, 0.4) is 0 Å². The van der Waals surface area contributed by atoms with E-state index < -0.39 is 6.55 Å². The van der Waals surface area contributed by atoms with Crippen LogP contribution in [0.5, 0.6) is 0 Å². The van der Waals surface area contributed by atoms with E-state index in [1.807, 2.05) is 6.20 Å². The summed E-state index contributed by atoms with van der Waals surface area (Å²) in [6.07, 6.45) is 12.2. The van der Waals surface area contributed by atoms with E-state index in [4.69, 9.17) is 4.98 Å². The third kappa shape index (κ3) is 3.69. The van der Waals surface area contributed by atoms with Gasteiger partial charge in [-0.25, -0.2) is 9.97 Å². The molecule has 0 aromatic carbocycles. The lowest BCUT2D eigenvalue weighted by Gasteiger charge is -2.29. The molecule has 1 atom stereocenters. The molecule has 152 valence electrons. The lowest BCUT2D eigenvalue weighted by molar-refractivity contribution is -0.135. The molecule has 2 aromatic rings. The van der Waals surface area contributed by atoms with Crippen LogP contribution in [0.4, 0.5) is 8.78 Å². The Labute approximate surface area is 163 Å². The average molecular weight is 391 g/mol. The van der Waals surface area contributed by atoms with Crippen molar-refractivity contribution in [3.8, 4) is 0 Å². The van der Waals surface area contributed by atoms with Crippen LogP contribution in [0.1, 0.15) is 68.3 Å². The van der Waals surface area contributed by atoms with Gasteiger partial charge >= 0.3 is 6.55 Å². The molecule has 1 saturated carbocycles. The quantitative estimate of drug-likeness (QED) is 0.780. The molecule has 0 unspecified atom stereocenters. The Hall–Kier alpha value is -2.25. The monoisotopic (exact) mass is 391 g/mol. The molecule has 0 radical (unpaired) electrons. The summed E-state index contributed by atoms with van der Waals surface area (Å²) in [7, 11) is 1.66. The highest BCUT2D eigenvalue weighted by molar-refractivity contribution is 5.79. The molecule has 1 fully saturated rings. The van der Waals surface area contributed by atoms with Crippen LogP contribution < -0.4 is 0 Å². The zero-order chi connectivity index (χ0) is 19.7. The van der Waals surface area contributed by atoms with E-state index in [1.165, 1.54) is 55.2 Å². The van der Waals surface area contributed by atoms with Crippen LogP contribution >= 0.6 is 0 Å². The molecule has 0 spiro atoms. The minimum absolute atomic E-state index is 0.0181.